The van der Waals surface area contributed by atoms with Crippen LogP contribution in [-0.4, -0.2) is 10.3 Å². The van der Waals surface area contributed by atoms with Crippen molar-refractivity contribution in [1.29, 1.82) is 0 Å². The Morgan fingerprint density at radius 2 is 2.08 bits per heavy atom. The molecule has 0 radical (unpaired) electrons. The number of hydrogen-bond donors (Lipinski definition) is 1. The number of aryl methyl sites for hydroxylation is 1. The summed E-state index contributed by atoms with van der Waals surface area (Å²) < 4.78 is 4.89. The van der Waals surface area contributed by atoms with E-state index in [1.54, 1.807) is 6.07 Å². The van der Waals surface area contributed by atoms with Crippen molar-refractivity contribution in [1.82, 2.24) is 5.16 Å². The van der Waals surface area contributed by atoms with Gasteiger partial charge in [0.2, 0.25) is 0 Å². The highest BCUT2D eigenvalue weighted by Gasteiger charge is 2.45. The highest BCUT2D eigenvalue weighted by atomic mass is 16.5. The Morgan fingerprint density at radius 3 is 2.42 bits per heavy atom. The van der Waals surface area contributed by atoms with Crippen LogP contribution in [0.15, 0.2) is 10.6 Å². The van der Waals surface area contributed by atoms with Gasteiger partial charge in [0.15, 0.2) is 5.76 Å². The lowest BCUT2D eigenvalue weighted by Crippen LogP contribution is -2.01. The van der Waals surface area contributed by atoms with E-state index in [-0.39, 0.29) is 0 Å². The van der Waals surface area contributed by atoms with Gasteiger partial charge < -0.3 is 9.63 Å². The molecule has 0 bridgehead atoms. The van der Waals surface area contributed by atoms with Crippen LogP contribution >= 0.6 is 0 Å². The van der Waals surface area contributed by atoms with E-state index in [4.69, 9.17) is 4.52 Å². The van der Waals surface area contributed by atoms with E-state index in [0.717, 1.165) is 18.5 Å². The normalized spacial score (nSPS) is 18.0. The van der Waals surface area contributed by atoms with Crippen molar-refractivity contribution in [3.05, 3.63) is 17.5 Å². The summed E-state index contributed by atoms with van der Waals surface area (Å²) in [6, 6.07) is 1.78. The van der Waals surface area contributed by atoms with Crippen molar-refractivity contribution in [3.8, 4) is 0 Å². The standard InChI is InChI=1S/C7H9NO2.C2H6/c1-5-4-6(10-8-5)7(9)2-3-7;1-2/h4,9H,2-3H2,1H3;1-2H3. The van der Waals surface area contributed by atoms with Gasteiger partial charge in [0.25, 0.3) is 0 Å². The molecule has 2 rings (SSSR count). The Kier molecular flexibility index (Phi) is 2.52. The summed E-state index contributed by atoms with van der Waals surface area (Å²) in [5, 5.41) is 13.2. The summed E-state index contributed by atoms with van der Waals surface area (Å²) in [6.07, 6.45) is 1.61. The van der Waals surface area contributed by atoms with Crippen molar-refractivity contribution < 1.29 is 9.63 Å². The van der Waals surface area contributed by atoms with E-state index in [1.165, 1.54) is 0 Å². The van der Waals surface area contributed by atoms with Crippen LogP contribution in [0.5, 0.6) is 0 Å². The second-order valence-corrected chi connectivity index (χ2v) is 2.86. The van der Waals surface area contributed by atoms with E-state index < -0.39 is 5.60 Å². The Bertz CT molecular complexity index is 251. The molecule has 0 amide bonds. The molecule has 68 valence electrons. The summed E-state index contributed by atoms with van der Waals surface area (Å²) >= 11 is 0. The van der Waals surface area contributed by atoms with Crippen molar-refractivity contribution in [3.63, 3.8) is 0 Å². The van der Waals surface area contributed by atoms with Crippen LogP contribution in [0.2, 0.25) is 0 Å². The topological polar surface area (TPSA) is 46.3 Å². The molecule has 0 saturated heterocycles. The number of hydrogen-bond acceptors (Lipinski definition) is 3. The van der Waals surface area contributed by atoms with Crippen molar-refractivity contribution in [2.45, 2.75) is 39.2 Å². The summed E-state index contributed by atoms with van der Waals surface area (Å²) in [5.74, 6) is 0.616. The van der Waals surface area contributed by atoms with Crippen LogP contribution in [0, 0.1) is 6.92 Å². The fourth-order valence-electron chi connectivity index (χ4n) is 0.948. The lowest BCUT2D eigenvalue weighted by molar-refractivity contribution is 0.114. The van der Waals surface area contributed by atoms with Crippen molar-refractivity contribution >= 4 is 0 Å². The predicted octanol–water partition coefficient (Wildman–Crippen LogP) is 1.99. The maximum Gasteiger partial charge on any atom is 0.168 e. The third-order valence-corrected chi connectivity index (χ3v) is 1.81. The SMILES string of the molecule is CC.Cc1cc(C2(O)CC2)on1. The first-order valence-corrected chi connectivity index (χ1v) is 4.37. The molecule has 3 heteroatoms. The molecule has 1 aromatic heterocycles. The average Bonchev–Trinajstić information content (AvgIpc) is 2.66. The van der Waals surface area contributed by atoms with Crippen LogP contribution < -0.4 is 0 Å². The summed E-state index contributed by atoms with van der Waals surface area (Å²) in [6.45, 7) is 5.85. The van der Waals surface area contributed by atoms with Crippen molar-refractivity contribution in [2.24, 2.45) is 0 Å². The first-order valence-electron chi connectivity index (χ1n) is 4.37. The van der Waals surface area contributed by atoms with Crippen LogP contribution in [0.4, 0.5) is 0 Å². The molecule has 3 nitrogen and oxygen atoms in total. The van der Waals surface area contributed by atoms with Crippen LogP contribution in [-0.2, 0) is 5.60 Å². The first-order chi connectivity index (χ1) is 5.71. The second kappa shape index (κ2) is 3.27. The number of aromatic nitrogens is 1. The zero-order chi connectivity index (χ0) is 9.19. The molecule has 1 aliphatic rings. The Hall–Kier alpha value is -0.830. The van der Waals surface area contributed by atoms with Gasteiger partial charge in [-0.1, -0.05) is 19.0 Å². The zero-order valence-electron chi connectivity index (χ0n) is 7.79. The molecule has 12 heavy (non-hydrogen) atoms. The highest BCUT2D eigenvalue weighted by Crippen LogP contribution is 2.45. The monoisotopic (exact) mass is 169 g/mol. The number of nitrogens with zero attached hydrogens (tertiary/aromatic N) is 1. The molecule has 0 aliphatic heterocycles. The zero-order valence-corrected chi connectivity index (χ0v) is 7.79. The van der Waals surface area contributed by atoms with Crippen molar-refractivity contribution in [2.75, 3.05) is 0 Å². The van der Waals surface area contributed by atoms with E-state index >= 15 is 0 Å². The highest BCUT2D eigenvalue weighted by molar-refractivity contribution is 5.17. The molecule has 1 N–H and O–H groups in total. The minimum absolute atomic E-state index is 0.616. The van der Waals surface area contributed by atoms with Gasteiger partial charge in [0, 0.05) is 6.07 Å². The van der Waals surface area contributed by atoms with Gasteiger partial charge in [-0.05, 0) is 19.8 Å². The van der Waals surface area contributed by atoms with E-state index in [1.807, 2.05) is 20.8 Å². The van der Waals surface area contributed by atoms with Gasteiger partial charge in [-0.2, -0.15) is 0 Å². The molecule has 0 spiro atoms. The molecule has 1 fully saturated rings. The minimum Gasteiger partial charge on any atom is -0.382 e. The van der Waals surface area contributed by atoms with E-state index in [9.17, 15) is 5.11 Å². The summed E-state index contributed by atoms with van der Waals surface area (Å²) in [7, 11) is 0. The first kappa shape index (κ1) is 9.26. The Balaban J connectivity index is 0.000000336. The lowest BCUT2D eigenvalue weighted by Gasteiger charge is -1.97. The quantitative estimate of drug-likeness (QED) is 0.699. The fourth-order valence-corrected chi connectivity index (χ4v) is 0.948. The molecule has 0 atom stereocenters. The lowest BCUT2D eigenvalue weighted by atomic mass is 10.2. The third kappa shape index (κ3) is 1.67. The Labute approximate surface area is 72.4 Å². The Morgan fingerprint density at radius 1 is 1.50 bits per heavy atom. The predicted molar refractivity (Wildman–Crippen MR) is 45.7 cm³/mol. The molecule has 1 aliphatic carbocycles. The largest absolute Gasteiger partial charge is 0.382 e. The molecular weight excluding hydrogens is 154 g/mol. The number of rotatable bonds is 1. The van der Waals surface area contributed by atoms with Crippen LogP contribution in [0.25, 0.3) is 0 Å². The molecule has 1 aromatic rings. The summed E-state index contributed by atoms with van der Waals surface area (Å²) in [5.41, 5.74) is 0.164. The van der Waals surface area contributed by atoms with E-state index in [0.29, 0.717) is 5.76 Å². The molecule has 0 aromatic carbocycles. The third-order valence-electron chi connectivity index (χ3n) is 1.81. The molecule has 1 saturated carbocycles. The van der Waals surface area contributed by atoms with Gasteiger partial charge in [-0.15, -0.1) is 0 Å². The second-order valence-electron chi connectivity index (χ2n) is 2.86. The maximum absolute atomic E-state index is 9.48. The van der Waals surface area contributed by atoms with Gasteiger partial charge in [-0.3, -0.25) is 0 Å². The smallest absolute Gasteiger partial charge is 0.168 e. The van der Waals surface area contributed by atoms with Crippen LogP contribution in [0.1, 0.15) is 38.1 Å². The minimum atomic E-state index is -0.665. The van der Waals surface area contributed by atoms with E-state index in [2.05, 4.69) is 5.16 Å². The molecular formula is C9H15NO2. The fraction of sp³-hybridized carbons (Fsp3) is 0.667. The maximum atomic E-state index is 9.48. The molecule has 1 heterocycles. The average molecular weight is 169 g/mol. The van der Waals surface area contributed by atoms with Gasteiger partial charge in [0.05, 0.1) is 5.69 Å². The molecule has 0 unspecified atom stereocenters. The van der Waals surface area contributed by atoms with Gasteiger partial charge in [-0.25, -0.2) is 0 Å². The number of aliphatic hydroxyl groups is 1. The van der Waals surface area contributed by atoms with Gasteiger partial charge in [0.1, 0.15) is 5.60 Å². The van der Waals surface area contributed by atoms with Crippen LogP contribution in [0.3, 0.4) is 0 Å². The van der Waals surface area contributed by atoms with Gasteiger partial charge >= 0.3 is 0 Å². The summed E-state index contributed by atoms with van der Waals surface area (Å²) in [4.78, 5) is 0.